The number of amides is 1. The monoisotopic (exact) mass is 320 g/mol. The van der Waals surface area contributed by atoms with Crippen molar-refractivity contribution in [2.45, 2.75) is 12.5 Å². The first-order valence-corrected chi connectivity index (χ1v) is 6.90. The van der Waals surface area contributed by atoms with Crippen LogP contribution in [-0.4, -0.2) is 38.9 Å². The molecule has 0 aliphatic carbocycles. The van der Waals surface area contributed by atoms with Crippen LogP contribution in [0.5, 0.6) is 0 Å². The zero-order valence-corrected chi connectivity index (χ0v) is 11.8. The maximum atomic E-state index is 12.1. The van der Waals surface area contributed by atoms with E-state index >= 15 is 0 Å². The summed E-state index contributed by atoms with van der Waals surface area (Å²) in [6.45, 7) is 1.44. The second-order valence-corrected chi connectivity index (χ2v) is 5.55. The lowest BCUT2D eigenvalue weighted by Crippen LogP contribution is -2.51. The Morgan fingerprint density at radius 2 is 2.05 bits per heavy atom. The van der Waals surface area contributed by atoms with Crippen LogP contribution in [0.2, 0.25) is 0 Å². The van der Waals surface area contributed by atoms with E-state index in [4.69, 9.17) is 0 Å². The van der Waals surface area contributed by atoms with Crippen molar-refractivity contribution in [3.63, 3.8) is 0 Å². The summed E-state index contributed by atoms with van der Waals surface area (Å²) in [5, 5.41) is 7.73. The van der Waals surface area contributed by atoms with Gasteiger partial charge < -0.3 is 4.90 Å². The number of halogens is 1. The minimum absolute atomic E-state index is 0.165. The minimum atomic E-state index is 0.165. The van der Waals surface area contributed by atoms with Crippen molar-refractivity contribution in [1.29, 1.82) is 0 Å². The average molecular weight is 321 g/mol. The minimum Gasteiger partial charge on any atom is -0.338 e. The number of rotatable bonds is 3. The molecule has 0 unspecified atom stereocenters. The lowest BCUT2D eigenvalue weighted by Gasteiger charge is -2.38. The number of nitrogens with zero attached hydrogens (tertiary/aromatic N) is 4. The highest BCUT2D eigenvalue weighted by molar-refractivity contribution is 9.10. The third-order valence-electron chi connectivity index (χ3n) is 3.30. The van der Waals surface area contributed by atoms with Gasteiger partial charge in [0.05, 0.1) is 18.7 Å². The Labute approximate surface area is 119 Å². The van der Waals surface area contributed by atoms with Crippen LogP contribution in [0.1, 0.15) is 11.6 Å². The molecule has 3 rings (SSSR count). The molecule has 2 aromatic rings. The lowest BCUT2D eigenvalue weighted by atomic mass is 10.1. The fourth-order valence-electron chi connectivity index (χ4n) is 2.13. The van der Waals surface area contributed by atoms with Crippen LogP contribution < -0.4 is 0 Å². The Morgan fingerprint density at radius 1 is 1.32 bits per heavy atom. The van der Waals surface area contributed by atoms with Gasteiger partial charge in [0.25, 0.3) is 0 Å². The fourth-order valence-corrected chi connectivity index (χ4v) is 2.39. The summed E-state index contributed by atoms with van der Waals surface area (Å²) in [4.78, 5) is 13.9. The maximum absolute atomic E-state index is 12.1. The Balaban J connectivity index is 1.54. The first-order chi connectivity index (χ1) is 9.22. The van der Waals surface area contributed by atoms with Crippen LogP contribution >= 0.6 is 15.9 Å². The molecule has 2 heterocycles. The average Bonchev–Trinajstić information content (AvgIpc) is 2.84. The van der Waals surface area contributed by atoms with E-state index in [1.54, 1.807) is 6.20 Å². The predicted molar refractivity (Wildman–Crippen MR) is 73.5 cm³/mol. The molecule has 0 atom stereocenters. The van der Waals surface area contributed by atoms with Gasteiger partial charge >= 0.3 is 0 Å². The summed E-state index contributed by atoms with van der Waals surface area (Å²) in [5.41, 5.74) is 1.04. The first kappa shape index (κ1) is 12.3. The molecule has 0 N–H and O–H groups in total. The van der Waals surface area contributed by atoms with Crippen molar-refractivity contribution in [2.24, 2.45) is 0 Å². The van der Waals surface area contributed by atoms with Crippen LogP contribution in [0.4, 0.5) is 0 Å². The molecule has 1 aliphatic rings. The molecule has 0 spiro atoms. The van der Waals surface area contributed by atoms with E-state index in [0.717, 1.165) is 23.1 Å². The van der Waals surface area contributed by atoms with Gasteiger partial charge in [-0.05, 0) is 17.7 Å². The third kappa shape index (κ3) is 2.68. The van der Waals surface area contributed by atoms with Crippen LogP contribution in [0, 0.1) is 0 Å². The standard InChI is InChI=1S/C13H13BrN4O/c14-11-3-1-10(2-4-11)7-13(19)17-8-12(9-17)18-6-5-15-16-18/h1-6,12H,7-9H2. The van der Waals surface area contributed by atoms with Crippen LogP contribution in [0.25, 0.3) is 0 Å². The van der Waals surface area contributed by atoms with E-state index in [9.17, 15) is 4.79 Å². The lowest BCUT2D eigenvalue weighted by molar-refractivity contribution is -0.136. The molecular weight excluding hydrogens is 308 g/mol. The Morgan fingerprint density at radius 3 is 2.68 bits per heavy atom. The predicted octanol–water partition coefficient (Wildman–Crippen LogP) is 1.67. The highest BCUT2D eigenvalue weighted by atomic mass is 79.9. The quantitative estimate of drug-likeness (QED) is 0.864. The maximum Gasteiger partial charge on any atom is 0.227 e. The van der Waals surface area contributed by atoms with Crippen LogP contribution in [0.3, 0.4) is 0 Å². The summed E-state index contributed by atoms with van der Waals surface area (Å²) in [7, 11) is 0. The molecule has 1 aromatic carbocycles. The van der Waals surface area contributed by atoms with Gasteiger partial charge in [0.2, 0.25) is 5.91 Å². The van der Waals surface area contributed by atoms with Gasteiger partial charge in [-0.1, -0.05) is 33.3 Å². The summed E-state index contributed by atoms with van der Waals surface area (Å²) in [6, 6.07) is 8.12. The number of aromatic nitrogens is 3. The fraction of sp³-hybridized carbons (Fsp3) is 0.308. The molecule has 1 aliphatic heterocycles. The highest BCUT2D eigenvalue weighted by Crippen LogP contribution is 2.21. The summed E-state index contributed by atoms with van der Waals surface area (Å²) < 4.78 is 2.84. The number of hydrogen-bond donors (Lipinski definition) is 0. The van der Waals surface area contributed by atoms with Gasteiger partial charge in [0.1, 0.15) is 0 Å². The molecule has 0 bridgehead atoms. The second kappa shape index (κ2) is 5.13. The summed E-state index contributed by atoms with van der Waals surface area (Å²) >= 11 is 3.38. The van der Waals surface area contributed by atoms with Crippen LogP contribution in [-0.2, 0) is 11.2 Å². The molecular formula is C13H13BrN4O. The zero-order valence-electron chi connectivity index (χ0n) is 10.2. The molecule has 6 heteroatoms. The summed E-state index contributed by atoms with van der Waals surface area (Å²) in [6.07, 6.45) is 3.95. The molecule has 98 valence electrons. The zero-order chi connectivity index (χ0) is 13.2. The van der Waals surface area contributed by atoms with Gasteiger partial charge in [-0.15, -0.1) is 5.10 Å². The van der Waals surface area contributed by atoms with Crippen molar-refractivity contribution in [3.8, 4) is 0 Å². The van der Waals surface area contributed by atoms with E-state index in [1.165, 1.54) is 0 Å². The smallest absolute Gasteiger partial charge is 0.227 e. The van der Waals surface area contributed by atoms with Crippen molar-refractivity contribution < 1.29 is 4.79 Å². The molecule has 0 radical (unpaired) electrons. The number of carbonyl (C=O) groups is 1. The second-order valence-electron chi connectivity index (χ2n) is 4.64. The van der Waals surface area contributed by atoms with E-state index in [1.807, 2.05) is 40.0 Å². The molecule has 1 aromatic heterocycles. The molecule has 19 heavy (non-hydrogen) atoms. The van der Waals surface area contributed by atoms with Gasteiger partial charge in [0.15, 0.2) is 0 Å². The Hall–Kier alpha value is -1.69. The molecule has 1 amide bonds. The van der Waals surface area contributed by atoms with Gasteiger partial charge in [0, 0.05) is 23.8 Å². The van der Waals surface area contributed by atoms with Crippen molar-refractivity contribution in [3.05, 3.63) is 46.7 Å². The first-order valence-electron chi connectivity index (χ1n) is 6.10. The number of carbonyl (C=O) groups excluding carboxylic acids is 1. The van der Waals surface area contributed by atoms with Gasteiger partial charge in [-0.3, -0.25) is 4.79 Å². The largest absolute Gasteiger partial charge is 0.338 e. The van der Waals surface area contributed by atoms with Gasteiger partial charge in [-0.2, -0.15) is 0 Å². The molecule has 5 nitrogen and oxygen atoms in total. The Bertz CT molecular complexity index is 561. The topological polar surface area (TPSA) is 51.0 Å². The summed E-state index contributed by atoms with van der Waals surface area (Å²) in [5.74, 6) is 0.165. The number of likely N-dealkylation sites (tertiary alicyclic amines) is 1. The number of hydrogen-bond acceptors (Lipinski definition) is 3. The highest BCUT2D eigenvalue weighted by Gasteiger charge is 2.32. The molecule has 1 fully saturated rings. The SMILES string of the molecule is O=C(Cc1ccc(Br)cc1)N1CC(n2ccnn2)C1. The van der Waals surface area contributed by atoms with E-state index in [0.29, 0.717) is 6.42 Å². The van der Waals surface area contributed by atoms with Crippen molar-refractivity contribution in [2.75, 3.05) is 13.1 Å². The molecule has 1 saturated heterocycles. The third-order valence-corrected chi connectivity index (χ3v) is 3.83. The normalized spacial score (nSPS) is 15.3. The van der Waals surface area contributed by atoms with E-state index < -0.39 is 0 Å². The van der Waals surface area contributed by atoms with Crippen LogP contribution in [0.15, 0.2) is 41.1 Å². The van der Waals surface area contributed by atoms with Crippen molar-refractivity contribution >= 4 is 21.8 Å². The van der Waals surface area contributed by atoms with E-state index in [2.05, 4.69) is 26.2 Å². The Kier molecular flexibility index (Phi) is 3.33. The molecule has 0 saturated carbocycles. The van der Waals surface area contributed by atoms with E-state index in [-0.39, 0.29) is 11.9 Å². The van der Waals surface area contributed by atoms with Crippen molar-refractivity contribution in [1.82, 2.24) is 19.9 Å². The number of benzene rings is 1. The van der Waals surface area contributed by atoms with Gasteiger partial charge in [-0.25, -0.2) is 4.68 Å².